The van der Waals surface area contributed by atoms with Gasteiger partial charge in [-0.1, -0.05) is 89.5 Å². The number of nitrogens with one attached hydrogen (secondary N) is 1. The maximum absolute atomic E-state index is 14.4. The summed E-state index contributed by atoms with van der Waals surface area (Å²) in [6, 6.07) is 23.6. The molecule has 0 aromatic heterocycles. The molecule has 0 fully saturated rings. The molecule has 0 bridgehead atoms. The van der Waals surface area contributed by atoms with Gasteiger partial charge in [-0.25, -0.2) is 8.42 Å². The maximum atomic E-state index is 14.4. The van der Waals surface area contributed by atoms with Crippen molar-refractivity contribution < 1.29 is 31.2 Å². The van der Waals surface area contributed by atoms with E-state index >= 15 is 0 Å². The highest BCUT2D eigenvalue weighted by atomic mass is 35.5. The number of carbonyl (C=O) groups excluding carboxylic acids is 2. The molecule has 1 atom stereocenters. The van der Waals surface area contributed by atoms with Crippen molar-refractivity contribution in [2.24, 2.45) is 0 Å². The molecule has 0 aliphatic carbocycles. The van der Waals surface area contributed by atoms with E-state index in [9.17, 15) is 31.2 Å². The SMILES string of the molecule is CCNC(=O)[C@@H](Cc1ccccc1)N(Cc1ccc(C)cc1)C(=O)CN(c1ccc(Cl)c(C(F)(F)F)c1)S(=O)(=O)c1ccc(C)cc1. The average molecular weight is 686 g/mol. The third kappa shape index (κ3) is 8.93. The zero-order chi connectivity index (χ0) is 34.4. The second-order valence-electron chi connectivity index (χ2n) is 11.1. The largest absolute Gasteiger partial charge is 0.417 e. The number of aryl methyl sites for hydroxylation is 2. The van der Waals surface area contributed by atoms with Gasteiger partial charge in [-0.15, -0.1) is 0 Å². The van der Waals surface area contributed by atoms with Gasteiger partial charge >= 0.3 is 6.18 Å². The summed E-state index contributed by atoms with van der Waals surface area (Å²) in [5.74, 6) is -1.26. The van der Waals surface area contributed by atoms with E-state index in [2.05, 4.69) is 5.32 Å². The number of hydrogen-bond acceptors (Lipinski definition) is 4. The normalized spacial score (nSPS) is 12.3. The van der Waals surface area contributed by atoms with Gasteiger partial charge in [0.15, 0.2) is 0 Å². The number of likely N-dealkylation sites (N-methyl/N-ethyl adjacent to an activating group) is 1. The van der Waals surface area contributed by atoms with E-state index in [1.54, 1.807) is 62.4 Å². The number of benzene rings is 4. The van der Waals surface area contributed by atoms with Crippen LogP contribution in [0.1, 0.15) is 34.7 Å². The Labute approximate surface area is 278 Å². The molecule has 4 aromatic carbocycles. The molecule has 12 heteroatoms. The van der Waals surface area contributed by atoms with Crippen LogP contribution in [-0.2, 0) is 38.8 Å². The smallest absolute Gasteiger partial charge is 0.355 e. The molecule has 7 nitrogen and oxygen atoms in total. The van der Waals surface area contributed by atoms with Crippen LogP contribution in [0.4, 0.5) is 18.9 Å². The van der Waals surface area contributed by atoms with Gasteiger partial charge in [0.05, 0.1) is 21.2 Å². The summed E-state index contributed by atoms with van der Waals surface area (Å²) in [5.41, 5.74) is 1.48. The monoisotopic (exact) mass is 685 g/mol. The number of nitrogens with zero attached hydrogens (tertiary/aromatic N) is 2. The number of carbonyl (C=O) groups is 2. The Morgan fingerprint density at radius 3 is 2.02 bits per heavy atom. The highest BCUT2D eigenvalue weighted by Gasteiger charge is 2.37. The van der Waals surface area contributed by atoms with E-state index in [1.165, 1.54) is 17.0 Å². The summed E-state index contributed by atoms with van der Waals surface area (Å²) in [4.78, 5) is 29.0. The Morgan fingerprint density at radius 2 is 1.45 bits per heavy atom. The molecule has 2 amide bonds. The van der Waals surface area contributed by atoms with Gasteiger partial charge < -0.3 is 10.2 Å². The van der Waals surface area contributed by atoms with Crippen molar-refractivity contribution in [2.45, 2.75) is 50.9 Å². The summed E-state index contributed by atoms with van der Waals surface area (Å²) in [6.07, 6.45) is -4.79. The molecule has 4 rings (SSSR count). The summed E-state index contributed by atoms with van der Waals surface area (Å²) in [7, 11) is -4.59. The lowest BCUT2D eigenvalue weighted by atomic mass is 10.0. The van der Waals surface area contributed by atoms with Crippen LogP contribution >= 0.6 is 11.6 Å². The van der Waals surface area contributed by atoms with Crippen molar-refractivity contribution in [3.8, 4) is 0 Å². The van der Waals surface area contributed by atoms with Crippen LogP contribution in [0.25, 0.3) is 0 Å². The van der Waals surface area contributed by atoms with E-state index in [0.29, 0.717) is 15.9 Å². The predicted octanol–water partition coefficient (Wildman–Crippen LogP) is 6.95. The van der Waals surface area contributed by atoms with E-state index in [4.69, 9.17) is 11.6 Å². The predicted molar refractivity (Wildman–Crippen MR) is 177 cm³/mol. The van der Waals surface area contributed by atoms with Gasteiger partial charge in [-0.3, -0.25) is 13.9 Å². The molecule has 0 radical (unpaired) electrons. The molecule has 0 heterocycles. The van der Waals surface area contributed by atoms with E-state index in [1.807, 2.05) is 25.1 Å². The molecule has 0 aliphatic rings. The first-order valence-electron chi connectivity index (χ1n) is 14.8. The lowest BCUT2D eigenvalue weighted by Gasteiger charge is -2.34. The minimum Gasteiger partial charge on any atom is -0.355 e. The molecule has 248 valence electrons. The van der Waals surface area contributed by atoms with E-state index in [-0.39, 0.29) is 24.4 Å². The number of anilines is 1. The highest BCUT2D eigenvalue weighted by Crippen LogP contribution is 2.38. The average Bonchev–Trinajstić information content (AvgIpc) is 3.03. The number of amides is 2. The third-order valence-corrected chi connectivity index (χ3v) is 9.64. The topological polar surface area (TPSA) is 86.8 Å². The molecule has 47 heavy (non-hydrogen) atoms. The van der Waals surface area contributed by atoms with Crippen LogP contribution in [0.5, 0.6) is 0 Å². The van der Waals surface area contributed by atoms with Crippen molar-refractivity contribution in [1.82, 2.24) is 10.2 Å². The fraction of sp³-hybridized carbons (Fsp3) is 0.257. The van der Waals surface area contributed by atoms with Crippen LogP contribution in [0, 0.1) is 13.8 Å². The summed E-state index contributed by atoms with van der Waals surface area (Å²) < 4.78 is 70.6. The number of alkyl halides is 3. The zero-order valence-electron chi connectivity index (χ0n) is 26.1. The van der Waals surface area contributed by atoms with Gasteiger partial charge in [-0.05, 0) is 62.2 Å². The fourth-order valence-corrected chi connectivity index (χ4v) is 6.62. The standard InChI is InChI=1S/C35H35ClF3N3O4S/c1-4-40-34(44)32(20-26-8-6-5-7-9-26)41(22-27-14-10-24(2)11-15-27)33(43)23-42(47(45,46)29-17-12-25(3)13-18-29)28-16-19-31(36)30(21-28)35(37,38)39/h5-19,21,32H,4,20,22-23H2,1-3H3,(H,40,44)/t32-/m1/s1. The molecule has 0 saturated carbocycles. The summed E-state index contributed by atoms with van der Waals surface area (Å²) in [5, 5.41) is 2.14. The Bertz CT molecular complexity index is 1800. The summed E-state index contributed by atoms with van der Waals surface area (Å²) >= 11 is 5.87. The van der Waals surface area contributed by atoms with Gasteiger partial charge in [-0.2, -0.15) is 13.2 Å². The van der Waals surface area contributed by atoms with Gasteiger partial charge in [0.1, 0.15) is 12.6 Å². The molecule has 4 aromatic rings. The van der Waals surface area contributed by atoms with Crippen molar-refractivity contribution in [2.75, 3.05) is 17.4 Å². The lowest BCUT2D eigenvalue weighted by Crippen LogP contribution is -2.53. The molecule has 0 unspecified atom stereocenters. The lowest BCUT2D eigenvalue weighted by molar-refractivity contribution is -0.140. The Hall–Kier alpha value is -4.35. The van der Waals surface area contributed by atoms with Crippen LogP contribution < -0.4 is 9.62 Å². The minimum atomic E-state index is -4.90. The van der Waals surface area contributed by atoms with Gasteiger partial charge in [0.25, 0.3) is 10.0 Å². The number of hydrogen-bond donors (Lipinski definition) is 1. The van der Waals surface area contributed by atoms with Crippen molar-refractivity contribution in [3.63, 3.8) is 0 Å². The molecular formula is C35H35ClF3N3O4S. The molecule has 0 spiro atoms. The van der Waals surface area contributed by atoms with E-state index in [0.717, 1.165) is 28.8 Å². The van der Waals surface area contributed by atoms with Crippen LogP contribution in [-0.4, -0.2) is 44.3 Å². The van der Waals surface area contributed by atoms with Crippen LogP contribution in [0.15, 0.2) is 102 Å². The third-order valence-electron chi connectivity index (χ3n) is 7.53. The van der Waals surface area contributed by atoms with Gasteiger partial charge in [0.2, 0.25) is 11.8 Å². The quantitative estimate of drug-likeness (QED) is 0.175. The number of halogens is 4. The second-order valence-corrected chi connectivity index (χ2v) is 13.4. The molecular weight excluding hydrogens is 651 g/mol. The minimum absolute atomic E-state index is 0.0689. The zero-order valence-corrected chi connectivity index (χ0v) is 27.7. The molecule has 1 N–H and O–H groups in total. The second kappa shape index (κ2) is 15.0. The first kappa shape index (κ1) is 35.5. The van der Waals surface area contributed by atoms with Crippen molar-refractivity contribution in [1.29, 1.82) is 0 Å². The Morgan fingerprint density at radius 1 is 0.851 bits per heavy atom. The fourth-order valence-electron chi connectivity index (χ4n) is 4.99. The van der Waals surface area contributed by atoms with Crippen LogP contribution in [0.2, 0.25) is 5.02 Å². The van der Waals surface area contributed by atoms with Gasteiger partial charge in [0, 0.05) is 19.5 Å². The Balaban J connectivity index is 1.85. The van der Waals surface area contributed by atoms with Crippen molar-refractivity contribution >= 4 is 39.1 Å². The maximum Gasteiger partial charge on any atom is 0.417 e. The van der Waals surface area contributed by atoms with E-state index < -0.39 is 56.9 Å². The molecule has 0 saturated heterocycles. The highest BCUT2D eigenvalue weighted by molar-refractivity contribution is 7.92. The number of rotatable bonds is 12. The Kier molecular flexibility index (Phi) is 11.4. The summed E-state index contributed by atoms with van der Waals surface area (Å²) in [6.45, 7) is 4.69. The molecule has 0 aliphatic heterocycles. The van der Waals surface area contributed by atoms with Crippen molar-refractivity contribution in [3.05, 3.63) is 130 Å². The number of sulfonamides is 1. The first-order chi connectivity index (χ1) is 22.2. The first-order valence-corrected chi connectivity index (χ1v) is 16.6. The van der Waals surface area contributed by atoms with Crippen LogP contribution in [0.3, 0.4) is 0 Å².